The number of aromatic nitrogens is 2. The molecule has 2 aromatic rings. The van der Waals surface area contributed by atoms with Crippen molar-refractivity contribution in [2.75, 3.05) is 10.6 Å². The number of pyridine rings is 2. The number of anilines is 2. The number of nitrogens with one attached hydrogen (secondary N) is 2. The number of nitriles is 2. The van der Waals surface area contributed by atoms with E-state index < -0.39 is 17.4 Å². The molecule has 6 nitrogen and oxygen atoms in total. The lowest BCUT2D eigenvalue weighted by atomic mass is 10.2. The summed E-state index contributed by atoms with van der Waals surface area (Å²) in [6.07, 6.45) is -2.26. The lowest BCUT2D eigenvalue weighted by Gasteiger charge is -2.13. The molecule has 2 heterocycles. The van der Waals surface area contributed by atoms with Gasteiger partial charge in [-0.05, 0) is 36.8 Å². The molecule has 0 amide bonds. The largest absolute Gasteiger partial charge is 0.419 e. The standard InChI is InChI=1S/C15H9F3N6S/c1-8-2-9(6-21-12(8)4-19)23-14(25)24-10-3-11(15(16,17)18)13(5-20)22-7-10/h2-3,6-7H,1H3,(H2,23,24,25). The molecule has 0 atom stereocenters. The fourth-order valence-electron chi connectivity index (χ4n) is 1.89. The monoisotopic (exact) mass is 362 g/mol. The van der Waals surface area contributed by atoms with Gasteiger partial charge in [0, 0.05) is 0 Å². The summed E-state index contributed by atoms with van der Waals surface area (Å²) in [5.41, 5.74) is -0.554. The zero-order valence-corrected chi connectivity index (χ0v) is 13.5. The Morgan fingerprint density at radius 1 is 1.04 bits per heavy atom. The van der Waals surface area contributed by atoms with Crippen LogP contribution in [0.1, 0.15) is 22.5 Å². The van der Waals surface area contributed by atoms with Crippen LogP contribution in [0.25, 0.3) is 0 Å². The van der Waals surface area contributed by atoms with Gasteiger partial charge in [-0.2, -0.15) is 23.7 Å². The minimum Gasteiger partial charge on any atom is -0.331 e. The quantitative estimate of drug-likeness (QED) is 0.791. The highest BCUT2D eigenvalue weighted by atomic mass is 32.1. The summed E-state index contributed by atoms with van der Waals surface area (Å²) in [7, 11) is 0. The van der Waals surface area contributed by atoms with Crippen LogP contribution in [0.2, 0.25) is 0 Å². The smallest absolute Gasteiger partial charge is 0.331 e. The van der Waals surface area contributed by atoms with Gasteiger partial charge in [0.05, 0.1) is 29.3 Å². The maximum Gasteiger partial charge on any atom is 0.419 e. The Morgan fingerprint density at radius 3 is 2.04 bits per heavy atom. The van der Waals surface area contributed by atoms with Crippen LogP contribution in [0.3, 0.4) is 0 Å². The third kappa shape index (κ3) is 4.40. The van der Waals surface area contributed by atoms with E-state index in [-0.39, 0.29) is 16.5 Å². The third-order valence-corrected chi connectivity index (χ3v) is 3.20. The Hall–Kier alpha value is -3.24. The summed E-state index contributed by atoms with van der Waals surface area (Å²) in [5.74, 6) is 0. The van der Waals surface area contributed by atoms with Crippen LogP contribution >= 0.6 is 12.2 Å². The second-order valence-corrected chi connectivity index (χ2v) is 5.22. The Labute approximate surface area is 145 Å². The summed E-state index contributed by atoms with van der Waals surface area (Å²) in [5, 5.41) is 22.9. The highest BCUT2D eigenvalue weighted by molar-refractivity contribution is 7.80. The lowest BCUT2D eigenvalue weighted by Crippen LogP contribution is -2.20. The molecule has 2 rings (SSSR count). The number of thiocarbonyl (C=S) groups is 1. The van der Waals surface area contributed by atoms with E-state index in [0.29, 0.717) is 11.3 Å². The van der Waals surface area contributed by atoms with Crippen LogP contribution in [0, 0.1) is 29.6 Å². The summed E-state index contributed by atoms with van der Waals surface area (Å²) >= 11 is 5.03. The number of aryl methyl sites for hydroxylation is 1. The molecule has 2 aromatic heterocycles. The number of alkyl halides is 3. The average Bonchev–Trinajstić information content (AvgIpc) is 2.54. The average molecular weight is 362 g/mol. The summed E-state index contributed by atoms with van der Waals surface area (Å²) in [4.78, 5) is 7.40. The zero-order valence-electron chi connectivity index (χ0n) is 12.6. The predicted octanol–water partition coefficient (Wildman–Crippen LogP) is 3.36. The number of hydrogen-bond donors (Lipinski definition) is 2. The maximum absolute atomic E-state index is 12.9. The van der Waals surface area contributed by atoms with Crippen LogP contribution in [0.4, 0.5) is 24.5 Å². The number of rotatable bonds is 2. The predicted molar refractivity (Wildman–Crippen MR) is 87.5 cm³/mol. The van der Waals surface area contributed by atoms with E-state index in [9.17, 15) is 13.2 Å². The van der Waals surface area contributed by atoms with E-state index in [1.54, 1.807) is 13.0 Å². The molecule has 126 valence electrons. The Morgan fingerprint density at radius 2 is 1.56 bits per heavy atom. The molecule has 0 aliphatic carbocycles. The van der Waals surface area contributed by atoms with Crippen molar-refractivity contribution in [2.45, 2.75) is 13.1 Å². The minimum absolute atomic E-state index is 0.00513. The van der Waals surface area contributed by atoms with Crippen molar-refractivity contribution < 1.29 is 13.2 Å². The first-order chi connectivity index (χ1) is 11.7. The molecule has 25 heavy (non-hydrogen) atoms. The molecular formula is C15H9F3N6S. The van der Waals surface area contributed by atoms with E-state index in [2.05, 4.69) is 20.6 Å². The van der Waals surface area contributed by atoms with E-state index >= 15 is 0 Å². The zero-order chi connectivity index (χ0) is 18.6. The topological polar surface area (TPSA) is 97.4 Å². The van der Waals surface area contributed by atoms with Gasteiger partial charge in [-0.15, -0.1) is 0 Å². The Bertz CT molecular complexity index is 911. The molecule has 0 radical (unpaired) electrons. The Balaban J connectivity index is 2.17. The molecule has 0 aromatic carbocycles. The van der Waals surface area contributed by atoms with E-state index in [1.807, 2.05) is 6.07 Å². The van der Waals surface area contributed by atoms with Crippen molar-refractivity contribution in [3.05, 3.63) is 47.0 Å². The van der Waals surface area contributed by atoms with Gasteiger partial charge in [0.25, 0.3) is 0 Å². The van der Waals surface area contributed by atoms with E-state index in [0.717, 1.165) is 12.3 Å². The molecule has 0 spiro atoms. The van der Waals surface area contributed by atoms with Crippen molar-refractivity contribution in [3.63, 3.8) is 0 Å². The molecular weight excluding hydrogens is 353 g/mol. The van der Waals surface area contributed by atoms with Gasteiger partial charge in [0.1, 0.15) is 17.8 Å². The highest BCUT2D eigenvalue weighted by Gasteiger charge is 2.34. The van der Waals surface area contributed by atoms with Gasteiger partial charge in [-0.1, -0.05) is 0 Å². The fraction of sp³-hybridized carbons (Fsp3) is 0.133. The first-order valence-corrected chi connectivity index (χ1v) is 7.07. The van der Waals surface area contributed by atoms with Crippen LogP contribution in [-0.2, 0) is 6.18 Å². The molecule has 0 saturated heterocycles. The maximum atomic E-state index is 12.9. The highest BCUT2D eigenvalue weighted by Crippen LogP contribution is 2.32. The second-order valence-electron chi connectivity index (χ2n) is 4.81. The van der Waals surface area contributed by atoms with E-state index in [4.69, 9.17) is 22.7 Å². The van der Waals surface area contributed by atoms with Gasteiger partial charge in [0.15, 0.2) is 10.8 Å². The normalized spacial score (nSPS) is 10.5. The Kier molecular flexibility index (Phi) is 5.15. The summed E-state index contributed by atoms with van der Waals surface area (Å²) < 4.78 is 38.7. The lowest BCUT2D eigenvalue weighted by molar-refractivity contribution is -0.138. The molecule has 0 aliphatic rings. The molecule has 0 fully saturated rings. The number of halogens is 3. The van der Waals surface area contributed by atoms with E-state index in [1.165, 1.54) is 12.3 Å². The molecule has 0 aliphatic heterocycles. The summed E-state index contributed by atoms with van der Waals surface area (Å²) in [6, 6.07) is 5.69. The van der Waals surface area contributed by atoms with Gasteiger partial charge >= 0.3 is 6.18 Å². The van der Waals surface area contributed by atoms with Crippen molar-refractivity contribution in [1.29, 1.82) is 10.5 Å². The van der Waals surface area contributed by atoms with Crippen LogP contribution in [0.5, 0.6) is 0 Å². The first-order valence-electron chi connectivity index (χ1n) is 6.66. The number of nitrogens with zero attached hydrogens (tertiary/aromatic N) is 4. The summed E-state index contributed by atoms with van der Waals surface area (Å²) in [6.45, 7) is 1.69. The van der Waals surface area contributed by atoms with Crippen LogP contribution < -0.4 is 10.6 Å². The van der Waals surface area contributed by atoms with Crippen molar-refractivity contribution >= 4 is 28.7 Å². The minimum atomic E-state index is -4.71. The van der Waals surface area contributed by atoms with Crippen molar-refractivity contribution in [2.24, 2.45) is 0 Å². The van der Waals surface area contributed by atoms with Gasteiger partial charge in [-0.25, -0.2) is 9.97 Å². The first kappa shape index (κ1) is 18.1. The number of hydrogen-bond acceptors (Lipinski definition) is 5. The van der Waals surface area contributed by atoms with Crippen molar-refractivity contribution in [1.82, 2.24) is 9.97 Å². The van der Waals surface area contributed by atoms with Gasteiger partial charge in [-0.3, -0.25) is 0 Å². The molecule has 10 heteroatoms. The fourth-order valence-corrected chi connectivity index (χ4v) is 2.13. The SMILES string of the molecule is Cc1cc(NC(=S)Nc2cnc(C#N)c(C(F)(F)F)c2)cnc1C#N. The molecule has 2 N–H and O–H groups in total. The van der Waals surface area contributed by atoms with Gasteiger partial charge in [0.2, 0.25) is 0 Å². The van der Waals surface area contributed by atoms with Crippen LogP contribution in [0.15, 0.2) is 24.5 Å². The molecule has 0 saturated carbocycles. The molecule has 0 bridgehead atoms. The van der Waals surface area contributed by atoms with Crippen LogP contribution in [-0.4, -0.2) is 15.1 Å². The third-order valence-electron chi connectivity index (χ3n) is 3.00. The second kappa shape index (κ2) is 7.11. The molecule has 0 unspecified atom stereocenters. The van der Waals surface area contributed by atoms with Gasteiger partial charge < -0.3 is 10.6 Å². The van der Waals surface area contributed by atoms with Crippen molar-refractivity contribution in [3.8, 4) is 12.1 Å².